The zero-order chi connectivity index (χ0) is 15.2. The maximum Gasteiger partial charge on any atom is 0.0298 e. The van der Waals surface area contributed by atoms with E-state index in [1.807, 2.05) is 0 Å². The van der Waals surface area contributed by atoms with Crippen LogP contribution in [0.25, 0.3) is 0 Å². The van der Waals surface area contributed by atoms with Crippen molar-refractivity contribution in [3.05, 3.63) is 0 Å². The smallest absolute Gasteiger partial charge is 0.0298 e. The van der Waals surface area contributed by atoms with Crippen molar-refractivity contribution in [1.29, 1.82) is 0 Å². The predicted octanol–water partition coefficient (Wildman–Crippen LogP) is 4.29. The van der Waals surface area contributed by atoms with E-state index in [-0.39, 0.29) is 11.5 Å². The van der Waals surface area contributed by atoms with E-state index in [0.717, 1.165) is 13.0 Å². The standard InChI is InChI=1S/C17H38N2/c1-9-14(10-2)19(12-13(4)5)16(15(18)11-3)17(6,7)8/h13-16H,9-12,18H2,1-8H3. The summed E-state index contributed by atoms with van der Waals surface area (Å²) in [7, 11) is 0. The summed E-state index contributed by atoms with van der Waals surface area (Å²) in [4.78, 5) is 2.71. The van der Waals surface area contributed by atoms with Crippen molar-refractivity contribution >= 4 is 0 Å². The first-order valence-corrected chi connectivity index (χ1v) is 8.20. The zero-order valence-corrected chi connectivity index (χ0v) is 14.7. The van der Waals surface area contributed by atoms with Gasteiger partial charge in [0, 0.05) is 24.7 Å². The van der Waals surface area contributed by atoms with E-state index in [9.17, 15) is 0 Å². The molecule has 0 radical (unpaired) electrons. The first kappa shape index (κ1) is 18.9. The summed E-state index contributed by atoms with van der Waals surface area (Å²) >= 11 is 0. The molecule has 0 aliphatic carbocycles. The molecule has 0 fully saturated rings. The Labute approximate surface area is 122 Å². The largest absolute Gasteiger partial charge is 0.326 e. The van der Waals surface area contributed by atoms with Crippen molar-refractivity contribution in [2.75, 3.05) is 6.54 Å². The fourth-order valence-electron chi connectivity index (χ4n) is 3.28. The van der Waals surface area contributed by atoms with Gasteiger partial charge >= 0.3 is 0 Å². The Balaban J connectivity index is 5.34. The second-order valence-corrected chi connectivity index (χ2v) is 7.44. The first-order chi connectivity index (χ1) is 8.68. The number of rotatable bonds is 8. The summed E-state index contributed by atoms with van der Waals surface area (Å²) in [5.41, 5.74) is 6.71. The SMILES string of the molecule is CCC(N)C(N(CC(C)C)C(CC)CC)C(C)(C)C. The Hall–Kier alpha value is -0.0800. The molecule has 0 heterocycles. The van der Waals surface area contributed by atoms with Crippen molar-refractivity contribution in [3.63, 3.8) is 0 Å². The third kappa shape index (κ3) is 5.83. The second-order valence-electron chi connectivity index (χ2n) is 7.44. The summed E-state index contributed by atoms with van der Waals surface area (Å²) in [5, 5.41) is 0. The van der Waals surface area contributed by atoms with Gasteiger partial charge < -0.3 is 5.73 Å². The van der Waals surface area contributed by atoms with Gasteiger partial charge in [-0.25, -0.2) is 0 Å². The van der Waals surface area contributed by atoms with Gasteiger partial charge in [0.1, 0.15) is 0 Å². The van der Waals surface area contributed by atoms with Crippen molar-refractivity contribution in [2.45, 2.75) is 92.8 Å². The summed E-state index contributed by atoms with van der Waals surface area (Å²) in [6, 6.07) is 1.38. The fourth-order valence-corrected chi connectivity index (χ4v) is 3.28. The molecule has 19 heavy (non-hydrogen) atoms. The van der Waals surface area contributed by atoms with Gasteiger partial charge in [-0.2, -0.15) is 0 Å². The minimum absolute atomic E-state index is 0.229. The lowest BCUT2D eigenvalue weighted by Gasteiger charge is -2.47. The average molecular weight is 271 g/mol. The molecule has 2 atom stereocenters. The number of hydrogen-bond donors (Lipinski definition) is 1. The molecule has 116 valence electrons. The van der Waals surface area contributed by atoms with Crippen LogP contribution in [0.15, 0.2) is 0 Å². The minimum Gasteiger partial charge on any atom is -0.326 e. The molecule has 0 aromatic heterocycles. The lowest BCUT2D eigenvalue weighted by atomic mass is 9.79. The number of nitrogens with zero attached hydrogens (tertiary/aromatic N) is 1. The summed E-state index contributed by atoms with van der Waals surface area (Å²) in [5.74, 6) is 0.689. The van der Waals surface area contributed by atoms with Crippen LogP contribution in [0.4, 0.5) is 0 Å². The lowest BCUT2D eigenvalue weighted by Crippen LogP contribution is -2.58. The third-order valence-electron chi connectivity index (χ3n) is 4.11. The highest BCUT2D eigenvalue weighted by Gasteiger charge is 2.37. The molecule has 2 N–H and O–H groups in total. The Morgan fingerprint density at radius 1 is 0.947 bits per heavy atom. The first-order valence-electron chi connectivity index (χ1n) is 8.20. The maximum atomic E-state index is 6.49. The molecular weight excluding hydrogens is 232 g/mol. The van der Waals surface area contributed by atoms with E-state index in [1.54, 1.807) is 0 Å². The van der Waals surface area contributed by atoms with E-state index >= 15 is 0 Å². The van der Waals surface area contributed by atoms with Gasteiger partial charge in [-0.15, -0.1) is 0 Å². The van der Waals surface area contributed by atoms with Crippen molar-refractivity contribution in [1.82, 2.24) is 4.90 Å². The van der Waals surface area contributed by atoms with Crippen LogP contribution in [0.2, 0.25) is 0 Å². The predicted molar refractivity (Wildman–Crippen MR) is 87.4 cm³/mol. The van der Waals surface area contributed by atoms with Crippen molar-refractivity contribution in [3.8, 4) is 0 Å². The van der Waals surface area contributed by atoms with Crippen LogP contribution in [0.3, 0.4) is 0 Å². The molecule has 0 rings (SSSR count). The molecule has 2 unspecified atom stereocenters. The monoisotopic (exact) mass is 270 g/mol. The summed E-state index contributed by atoms with van der Waals surface area (Å²) in [6.07, 6.45) is 3.48. The minimum atomic E-state index is 0.229. The molecule has 0 aromatic carbocycles. The molecular formula is C17H38N2. The fraction of sp³-hybridized carbons (Fsp3) is 1.00. The van der Waals surface area contributed by atoms with E-state index in [2.05, 4.69) is 60.3 Å². The van der Waals surface area contributed by atoms with Gasteiger partial charge in [-0.05, 0) is 30.6 Å². The lowest BCUT2D eigenvalue weighted by molar-refractivity contribution is 0.0264. The molecule has 0 aliphatic heterocycles. The molecule has 0 amide bonds. The molecule has 0 spiro atoms. The van der Waals surface area contributed by atoms with Crippen LogP contribution in [-0.4, -0.2) is 29.6 Å². The van der Waals surface area contributed by atoms with Crippen molar-refractivity contribution < 1.29 is 0 Å². The average Bonchev–Trinajstić information content (AvgIpc) is 2.27. The van der Waals surface area contributed by atoms with Crippen LogP contribution in [-0.2, 0) is 0 Å². The third-order valence-corrected chi connectivity index (χ3v) is 4.11. The normalized spacial score (nSPS) is 16.4. The molecule has 0 saturated heterocycles. The molecule has 2 heteroatoms. The molecule has 0 bridgehead atoms. The molecule has 0 aromatic rings. The van der Waals surface area contributed by atoms with Crippen LogP contribution in [0.1, 0.15) is 74.7 Å². The molecule has 0 saturated carbocycles. The number of nitrogens with two attached hydrogens (primary N) is 1. The van der Waals surface area contributed by atoms with Crippen molar-refractivity contribution in [2.24, 2.45) is 17.1 Å². The highest BCUT2D eigenvalue weighted by molar-refractivity contribution is 4.93. The number of hydrogen-bond acceptors (Lipinski definition) is 2. The van der Waals surface area contributed by atoms with Gasteiger partial charge in [0.2, 0.25) is 0 Å². The van der Waals surface area contributed by atoms with E-state index in [0.29, 0.717) is 18.0 Å². The zero-order valence-electron chi connectivity index (χ0n) is 14.7. The summed E-state index contributed by atoms with van der Waals surface area (Å²) < 4.78 is 0. The quantitative estimate of drug-likeness (QED) is 0.713. The van der Waals surface area contributed by atoms with Gasteiger partial charge in [-0.1, -0.05) is 55.4 Å². The van der Waals surface area contributed by atoms with Gasteiger partial charge in [0.15, 0.2) is 0 Å². The van der Waals surface area contributed by atoms with E-state index in [4.69, 9.17) is 5.73 Å². The molecule has 2 nitrogen and oxygen atoms in total. The Bertz CT molecular complexity index is 226. The van der Waals surface area contributed by atoms with Gasteiger partial charge in [-0.3, -0.25) is 4.90 Å². The Morgan fingerprint density at radius 3 is 1.68 bits per heavy atom. The molecule has 0 aliphatic rings. The second kappa shape index (κ2) is 8.26. The van der Waals surface area contributed by atoms with Gasteiger partial charge in [0.25, 0.3) is 0 Å². The van der Waals surface area contributed by atoms with E-state index in [1.165, 1.54) is 12.8 Å². The van der Waals surface area contributed by atoms with Crippen LogP contribution >= 0.6 is 0 Å². The van der Waals surface area contributed by atoms with Crippen LogP contribution in [0.5, 0.6) is 0 Å². The van der Waals surface area contributed by atoms with Crippen LogP contribution < -0.4 is 5.73 Å². The topological polar surface area (TPSA) is 29.3 Å². The Kier molecular flexibility index (Phi) is 8.23. The summed E-state index contributed by atoms with van der Waals surface area (Å²) in [6.45, 7) is 19.6. The van der Waals surface area contributed by atoms with E-state index < -0.39 is 0 Å². The van der Waals surface area contributed by atoms with Gasteiger partial charge in [0.05, 0.1) is 0 Å². The maximum absolute atomic E-state index is 6.49. The highest BCUT2D eigenvalue weighted by Crippen LogP contribution is 2.31. The van der Waals surface area contributed by atoms with Crippen LogP contribution in [0, 0.1) is 11.3 Å². The highest BCUT2D eigenvalue weighted by atomic mass is 15.2. The Morgan fingerprint density at radius 2 is 1.42 bits per heavy atom.